The molecule has 0 atom stereocenters. The van der Waals surface area contributed by atoms with Crippen LogP contribution < -0.4 is 0 Å². The summed E-state index contributed by atoms with van der Waals surface area (Å²) >= 11 is 11.6. The summed E-state index contributed by atoms with van der Waals surface area (Å²) in [4.78, 5) is 8.14. The minimum atomic E-state index is 0.187. The maximum atomic E-state index is 8.70. The van der Waals surface area contributed by atoms with Gasteiger partial charge in [-0.3, -0.25) is 0 Å². The number of aromatic nitrogens is 2. The lowest BCUT2D eigenvalue weighted by molar-refractivity contribution is 0.963. The normalized spacial score (nSPS) is 9.94. The first kappa shape index (κ1) is 11.8. The molecule has 0 fully saturated rings. The van der Waals surface area contributed by atoms with Crippen LogP contribution in [0.25, 0.3) is 0 Å². The topological polar surface area (TPSA) is 49.6 Å². The molecule has 0 aliphatic heterocycles. The Morgan fingerprint density at radius 1 is 1.18 bits per heavy atom. The van der Waals surface area contributed by atoms with E-state index in [0.29, 0.717) is 17.3 Å². The summed E-state index contributed by atoms with van der Waals surface area (Å²) in [7, 11) is 0. The molecular weight excluding hydrogens is 257 g/mol. The van der Waals surface area contributed by atoms with Gasteiger partial charge in [-0.05, 0) is 17.7 Å². The molecule has 0 amide bonds. The Bertz CT molecular complexity index is 573. The predicted octanol–water partition coefficient (Wildman–Crippen LogP) is 3.25. The molecule has 0 bridgehead atoms. The molecule has 0 N–H and O–H groups in total. The monoisotopic (exact) mass is 263 g/mol. The number of hydrogen-bond donors (Lipinski definition) is 0. The first-order valence-electron chi connectivity index (χ1n) is 4.85. The second kappa shape index (κ2) is 5.13. The van der Waals surface area contributed by atoms with E-state index in [0.717, 1.165) is 5.56 Å². The van der Waals surface area contributed by atoms with Crippen LogP contribution in [0.1, 0.15) is 17.0 Å². The summed E-state index contributed by atoms with van der Waals surface area (Å²) in [6.45, 7) is 0. The van der Waals surface area contributed by atoms with Gasteiger partial charge in [-0.1, -0.05) is 35.3 Å². The second-order valence-corrected chi connectivity index (χ2v) is 4.20. The number of rotatable bonds is 2. The van der Waals surface area contributed by atoms with Crippen molar-refractivity contribution in [1.82, 2.24) is 9.97 Å². The lowest BCUT2D eigenvalue weighted by atomic mass is 10.1. The van der Waals surface area contributed by atoms with E-state index in [1.54, 1.807) is 0 Å². The summed E-state index contributed by atoms with van der Waals surface area (Å²) in [5, 5.41) is 9.57. The SMILES string of the molecule is N#Cc1cnc(Cc2ccc(Cl)cc2)nc1Cl. The van der Waals surface area contributed by atoms with Crippen molar-refractivity contribution in [2.24, 2.45) is 0 Å². The third-order valence-corrected chi connectivity index (χ3v) is 2.73. The number of benzene rings is 1. The molecule has 3 nitrogen and oxygen atoms in total. The van der Waals surface area contributed by atoms with E-state index in [9.17, 15) is 0 Å². The Morgan fingerprint density at radius 3 is 2.47 bits per heavy atom. The van der Waals surface area contributed by atoms with Crippen LogP contribution in [0.2, 0.25) is 10.2 Å². The molecule has 2 rings (SSSR count). The van der Waals surface area contributed by atoms with Crippen molar-refractivity contribution in [3.05, 3.63) is 57.6 Å². The van der Waals surface area contributed by atoms with E-state index in [1.165, 1.54) is 6.20 Å². The van der Waals surface area contributed by atoms with Gasteiger partial charge in [0.05, 0.1) is 0 Å². The fourth-order valence-corrected chi connectivity index (χ4v) is 1.65. The van der Waals surface area contributed by atoms with Gasteiger partial charge < -0.3 is 0 Å². The highest BCUT2D eigenvalue weighted by Gasteiger charge is 2.05. The molecular formula is C12H7Cl2N3. The minimum Gasteiger partial charge on any atom is -0.240 e. The number of halogens is 2. The summed E-state index contributed by atoms with van der Waals surface area (Å²) in [6, 6.07) is 9.34. The molecule has 1 aromatic heterocycles. The Balaban J connectivity index is 2.22. The first-order valence-corrected chi connectivity index (χ1v) is 5.60. The zero-order chi connectivity index (χ0) is 12.3. The quantitative estimate of drug-likeness (QED) is 0.782. The molecule has 1 heterocycles. The lowest BCUT2D eigenvalue weighted by Crippen LogP contribution is -1.98. The Morgan fingerprint density at radius 2 is 1.88 bits per heavy atom. The van der Waals surface area contributed by atoms with E-state index in [1.807, 2.05) is 30.3 Å². The summed E-state index contributed by atoms with van der Waals surface area (Å²) in [6.07, 6.45) is 1.99. The van der Waals surface area contributed by atoms with Crippen LogP contribution >= 0.6 is 23.2 Å². The smallest absolute Gasteiger partial charge is 0.150 e. The van der Waals surface area contributed by atoms with E-state index >= 15 is 0 Å². The van der Waals surface area contributed by atoms with Gasteiger partial charge in [-0.15, -0.1) is 0 Å². The van der Waals surface area contributed by atoms with Crippen LogP contribution in [-0.4, -0.2) is 9.97 Å². The molecule has 1 aromatic carbocycles. The molecule has 0 aliphatic carbocycles. The van der Waals surface area contributed by atoms with Crippen molar-refractivity contribution in [3.8, 4) is 6.07 Å². The highest BCUT2D eigenvalue weighted by atomic mass is 35.5. The fourth-order valence-electron chi connectivity index (χ4n) is 1.34. The van der Waals surface area contributed by atoms with Crippen molar-refractivity contribution in [2.75, 3.05) is 0 Å². The summed E-state index contributed by atoms with van der Waals surface area (Å²) in [5.74, 6) is 0.580. The van der Waals surface area contributed by atoms with Gasteiger partial charge in [0.2, 0.25) is 0 Å². The van der Waals surface area contributed by atoms with Gasteiger partial charge in [0.15, 0.2) is 5.15 Å². The molecule has 0 saturated heterocycles. The van der Waals surface area contributed by atoms with Gasteiger partial charge in [0, 0.05) is 17.6 Å². The van der Waals surface area contributed by atoms with Crippen LogP contribution in [-0.2, 0) is 6.42 Å². The molecule has 5 heteroatoms. The van der Waals surface area contributed by atoms with E-state index in [4.69, 9.17) is 28.5 Å². The number of nitrogens with zero attached hydrogens (tertiary/aromatic N) is 3. The molecule has 0 unspecified atom stereocenters. The summed E-state index contributed by atoms with van der Waals surface area (Å²) in [5.41, 5.74) is 1.32. The van der Waals surface area contributed by atoms with E-state index in [2.05, 4.69) is 9.97 Å². The average Bonchev–Trinajstić information content (AvgIpc) is 2.32. The maximum absolute atomic E-state index is 8.70. The van der Waals surface area contributed by atoms with Crippen molar-refractivity contribution >= 4 is 23.2 Å². The van der Waals surface area contributed by atoms with Crippen LogP contribution in [0.5, 0.6) is 0 Å². The van der Waals surface area contributed by atoms with Gasteiger partial charge >= 0.3 is 0 Å². The fraction of sp³-hybridized carbons (Fsp3) is 0.0833. The molecule has 0 aliphatic rings. The highest BCUT2D eigenvalue weighted by Crippen LogP contribution is 2.14. The Kier molecular flexibility index (Phi) is 3.58. The second-order valence-electron chi connectivity index (χ2n) is 3.41. The molecule has 84 valence electrons. The van der Waals surface area contributed by atoms with E-state index < -0.39 is 0 Å². The third kappa shape index (κ3) is 2.94. The van der Waals surface area contributed by atoms with Crippen LogP contribution in [0.3, 0.4) is 0 Å². The third-order valence-electron chi connectivity index (χ3n) is 2.19. The molecule has 2 aromatic rings. The highest BCUT2D eigenvalue weighted by molar-refractivity contribution is 6.30. The van der Waals surface area contributed by atoms with Crippen molar-refractivity contribution in [1.29, 1.82) is 5.26 Å². The standard InChI is InChI=1S/C12H7Cl2N3/c13-10-3-1-8(2-4-10)5-11-16-7-9(6-15)12(14)17-11/h1-4,7H,5H2. The molecule has 0 spiro atoms. The maximum Gasteiger partial charge on any atom is 0.150 e. The van der Waals surface area contributed by atoms with Gasteiger partial charge in [0.1, 0.15) is 17.5 Å². The average molecular weight is 264 g/mol. The molecule has 17 heavy (non-hydrogen) atoms. The van der Waals surface area contributed by atoms with Crippen molar-refractivity contribution < 1.29 is 0 Å². The van der Waals surface area contributed by atoms with Gasteiger partial charge in [0.25, 0.3) is 0 Å². The van der Waals surface area contributed by atoms with Crippen LogP contribution in [0.4, 0.5) is 0 Å². The zero-order valence-electron chi connectivity index (χ0n) is 8.69. The largest absolute Gasteiger partial charge is 0.240 e. The van der Waals surface area contributed by atoms with E-state index in [-0.39, 0.29) is 10.7 Å². The van der Waals surface area contributed by atoms with Crippen LogP contribution in [0.15, 0.2) is 30.5 Å². The van der Waals surface area contributed by atoms with Gasteiger partial charge in [-0.25, -0.2) is 9.97 Å². The predicted molar refractivity (Wildman–Crippen MR) is 66.0 cm³/mol. The van der Waals surface area contributed by atoms with Crippen molar-refractivity contribution in [3.63, 3.8) is 0 Å². The number of nitriles is 1. The Hall–Kier alpha value is -1.63. The summed E-state index contributed by atoms with van der Waals surface area (Å²) < 4.78 is 0. The molecule has 0 saturated carbocycles. The van der Waals surface area contributed by atoms with Crippen molar-refractivity contribution in [2.45, 2.75) is 6.42 Å². The lowest BCUT2D eigenvalue weighted by Gasteiger charge is -2.01. The van der Waals surface area contributed by atoms with Gasteiger partial charge in [-0.2, -0.15) is 5.26 Å². The number of hydrogen-bond acceptors (Lipinski definition) is 3. The van der Waals surface area contributed by atoms with Crippen LogP contribution in [0, 0.1) is 11.3 Å². The molecule has 0 radical (unpaired) electrons. The zero-order valence-corrected chi connectivity index (χ0v) is 10.2. The first-order chi connectivity index (χ1) is 8.19. The minimum absolute atomic E-state index is 0.187. The Labute approximate surface area is 109 Å².